The van der Waals surface area contributed by atoms with Crippen LogP contribution in [-0.2, 0) is 17.5 Å². The van der Waals surface area contributed by atoms with E-state index in [9.17, 15) is 22.8 Å². The summed E-state index contributed by atoms with van der Waals surface area (Å²) < 4.78 is 38.3. The predicted octanol–water partition coefficient (Wildman–Crippen LogP) is 1.78. The molecule has 0 aliphatic rings. The molecule has 4 nitrogen and oxygen atoms in total. The van der Waals surface area contributed by atoms with Crippen LogP contribution in [0.25, 0.3) is 0 Å². The maximum absolute atomic E-state index is 12.5. The average molecular weight is 276 g/mol. The Hall–Kier alpha value is -1.79. The number of hydrogen-bond donors (Lipinski definition) is 1. The van der Waals surface area contributed by atoms with Gasteiger partial charge in [0.1, 0.15) is 12.1 Å². The number of pyridine rings is 1. The summed E-state index contributed by atoms with van der Waals surface area (Å²) in [5.74, 6) is -0.490. The third-order valence-corrected chi connectivity index (χ3v) is 2.66. The topological polar surface area (TPSA) is 51.1 Å². The van der Waals surface area contributed by atoms with Gasteiger partial charge in [0.2, 0.25) is 5.91 Å². The van der Waals surface area contributed by atoms with Gasteiger partial charge < -0.3 is 9.88 Å². The molecule has 106 valence electrons. The Morgan fingerprint density at radius 2 is 2.11 bits per heavy atom. The van der Waals surface area contributed by atoms with Crippen LogP contribution in [0.3, 0.4) is 0 Å². The summed E-state index contributed by atoms with van der Waals surface area (Å²) in [4.78, 5) is 23.1. The zero-order valence-electron chi connectivity index (χ0n) is 10.6. The molecule has 0 aliphatic heterocycles. The summed E-state index contributed by atoms with van der Waals surface area (Å²) in [5.41, 5.74) is -2.49. The average Bonchev–Trinajstić information content (AvgIpc) is 2.30. The van der Waals surface area contributed by atoms with E-state index in [1.165, 1.54) is 0 Å². The van der Waals surface area contributed by atoms with Gasteiger partial charge in [-0.2, -0.15) is 13.2 Å². The van der Waals surface area contributed by atoms with Crippen LogP contribution in [0.5, 0.6) is 0 Å². The Morgan fingerprint density at radius 1 is 1.47 bits per heavy atom. The van der Waals surface area contributed by atoms with E-state index in [2.05, 4.69) is 5.32 Å². The number of alkyl halides is 3. The number of carbonyl (C=O) groups excluding carboxylic acids is 1. The highest BCUT2D eigenvalue weighted by Gasteiger charge is 2.34. The highest BCUT2D eigenvalue weighted by Crippen LogP contribution is 2.25. The first-order valence-electron chi connectivity index (χ1n) is 5.81. The van der Waals surface area contributed by atoms with E-state index in [0.717, 1.165) is 16.8 Å². The standard InChI is InChI=1S/C12H15F3N2O2/c1-3-8(2)16-10(18)7-17-6-4-5-9(11(17)19)12(13,14)15/h4-6,8H,3,7H2,1-2H3,(H,16,18)/t8-/m0/s1. The van der Waals surface area contributed by atoms with Crippen molar-refractivity contribution in [3.63, 3.8) is 0 Å². The van der Waals surface area contributed by atoms with Crippen molar-refractivity contribution in [1.82, 2.24) is 9.88 Å². The molecule has 7 heteroatoms. The molecule has 1 aromatic heterocycles. The fourth-order valence-corrected chi connectivity index (χ4v) is 1.45. The maximum atomic E-state index is 12.5. The summed E-state index contributed by atoms with van der Waals surface area (Å²) >= 11 is 0. The van der Waals surface area contributed by atoms with E-state index in [0.29, 0.717) is 12.5 Å². The van der Waals surface area contributed by atoms with Crippen molar-refractivity contribution in [3.05, 3.63) is 34.2 Å². The number of nitrogens with zero attached hydrogens (tertiary/aromatic N) is 1. The molecule has 0 unspecified atom stereocenters. The second kappa shape index (κ2) is 5.90. The van der Waals surface area contributed by atoms with Crippen molar-refractivity contribution in [2.45, 2.75) is 39.0 Å². The Morgan fingerprint density at radius 3 is 2.63 bits per heavy atom. The molecule has 0 saturated carbocycles. The van der Waals surface area contributed by atoms with Gasteiger partial charge >= 0.3 is 6.18 Å². The molecule has 1 aromatic rings. The van der Waals surface area contributed by atoms with Gasteiger partial charge in [-0.25, -0.2) is 0 Å². The Balaban J connectivity index is 2.92. The normalized spacial score (nSPS) is 13.1. The number of rotatable bonds is 4. The molecule has 1 amide bonds. The third-order valence-electron chi connectivity index (χ3n) is 2.66. The molecule has 19 heavy (non-hydrogen) atoms. The maximum Gasteiger partial charge on any atom is 0.421 e. The van der Waals surface area contributed by atoms with Crippen LogP contribution in [0.15, 0.2) is 23.1 Å². The van der Waals surface area contributed by atoms with Crippen LogP contribution < -0.4 is 10.9 Å². The number of hydrogen-bond acceptors (Lipinski definition) is 2. The first-order valence-corrected chi connectivity index (χ1v) is 5.81. The van der Waals surface area contributed by atoms with E-state index in [1.54, 1.807) is 6.92 Å². The largest absolute Gasteiger partial charge is 0.421 e. The molecule has 0 radical (unpaired) electrons. The fraction of sp³-hybridized carbons (Fsp3) is 0.500. The van der Waals surface area contributed by atoms with Crippen LogP contribution >= 0.6 is 0 Å². The minimum atomic E-state index is -4.72. The van der Waals surface area contributed by atoms with Gasteiger partial charge in [0.15, 0.2) is 0 Å². The number of halogens is 3. The summed E-state index contributed by atoms with van der Waals surface area (Å²) in [5, 5.41) is 2.58. The third kappa shape index (κ3) is 4.11. The molecule has 0 bridgehead atoms. The molecular weight excluding hydrogens is 261 g/mol. The Kier molecular flexibility index (Phi) is 4.74. The molecule has 1 N–H and O–H groups in total. The quantitative estimate of drug-likeness (QED) is 0.911. The second-order valence-electron chi connectivity index (χ2n) is 4.23. The van der Waals surface area contributed by atoms with Gasteiger partial charge in [0, 0.05) is 12.2 Å². The van der Waals surface area contributed by atoms with Gasteiger partial charge in [-0.05, 0) is 25.5 Å². The molecule has 1 heterocycles. The monoisotopic (exact) mass is 276 g/mol. The van der Waals surface area contributed by atoms with Crippen molar-refractivity contribution in [2.24, 2.45) is 0 Å². The van der Waals surface area contributed by atoms with E-state index < -0.39 is 29.8 Å². The Labute approximate surface area is 108 Å². The fourth-order valence-electron chi connectivity index (χ4n) is 1.45. The van der Waals surface area contributed by atoms with Gasteiger partial charge in [-0.3, -0.25) is 9.59 Å². The molecule has 0 fully saturated rings. The van der Waals surface area contributed by atoms with E-state index in [-0.39, 0.29) is 6.04 Å². The summed E-state index contributed by atoms with van der Waals surface area (Å²) in [6, 6.07) is 1.71. The van der Waals surface area contributed by atoms with Crippen LogP contribution in [0.4, 0.5) is 13.2 Å². The molecule has 0 saturated heterocycles. The van der Waals surface area contributed by atoms with Crippen LogP contribution in [-0.4, -0.2) is 16.5 Å². The van der Waals surface area contributed by atoms with Gasteiger partial charge in [-0.15, -0.1) is 0 Å². The molecule has 1 atom stereocenters. The lowest BCUT2D eigenvalue weighted by molar-refractivity contribution is -0.139. The summed E-state index contributed by atoms with van der Waals surface area (Å²) in [6.07, 6.45) is -2.86. The highest BCUT2D eigenvalue weighted by atomic mass is 19.4. The van der Waals surface area contributed by atoms with Gasteiger partial charge in [0.05, 0.1) is 0 Å². The summed E-state index contributed by atoms with van der Waals surface area (Å²) in [6.45, 7) is 3.21. The van der Waals surface area contributed by atoms with E-state index >= 15 is 0 Å². The molecule has 0 spiro atoms. The lowest BCUT2D eigenvalue weighted by Gasteiger charge is -2.13. The first kappa shape index (κ1) is 15.3. The minimum Gasteiger partial charge on any atom is -0.352 e. The van der Waals surface area contributed by atoms with Crippen molar-refractivity contribution >= 4 is 5.91 Å². The SMILES string of the molecule is CC[C@H](C)NC(=O)Cn1cccc(C(F)(F)F)c1=O. The van der Waals surface area contributed by atoms with Crippen LogP contribution in [0, 0.1) is 0 Å². The van der Waals surface area contributed by atoms with Crippen molar-refractivity contribution in [3.8, 4) is 0 Å². The molecular formula is C12H15F3N2O2. The van der Waals surface area contributed by atoms with Crippen molar-refractivity contribution < 1.29 is 18.0 Å². The smallest absolute Gasteiger partial charge is 0.352 e. The summed E-state index contributed by atoms with van der Waals surface area (Å²) in [7, 11) is 0. The number of amides is 1. The van der Waals surface area contributed by atoms with Gasteiger partial charge in [0.25, 0.3) is 5.56 Å². The molecule has 0 aliphatic carbocycles. The van der Waals surface area contributed by atoms with Gasteiger partial charge in [-0.1, -0.05) is 6.92 Å². The minimum absolute atomic E-state index is 0.0889. The van der Waals surface area contributed by atoms with Crippen molar-refractivity contribution in [1.29, 1.82) is 0 Å². The molecule has 0 aromatic carbocycles. The van der Waals surface area contributed by atoms with E-state index in [4.69, 9.17) is 0 Å². The predicted molar refractivity (Wildman–Crippen MR) is 63.6 cm³/mol. The zero-order valence-corrected chi connectivity index (χ0v) is 10.6. The second-order valence-corrected chi connectivity index (χ2v) is 4.23. The van der Waals surface area contributed by atoms with E-state index in [1.807, 2.05) is 6.92 Å². The van der Waals surface area contributed by atoms with Crippen LogP contribution in [0.1, 0.15) is 25.8 Å². The lowest BCUT2D eigenvalue weighted by Crippen LogP contribution is -2.38. The lowest BCUT2D eigenvalue weighted by atomic mass is 10.2. The molecule has 1 rings (SSSR count). The van der Waals surface area contributed by atoms with Crippen molar-refractivity contribution in [2.75, 3.05) is 0 Å². The number of nitrogens with one attached hydrogen (secondary N) is 1. The highest BCUT2D eigenvalue weighted by molar-refractivity contribution is 5.76. The number of aromatic nitrogens is 1. The number of carbonyl (C=O) groups is 1. The first-order chi connectivity index (χ1) is 8.75. The zero-order chi connectivity index (χ0) is 14.6. The Bertz CT molecular complexity index is 508. The van der Waals surface area contributed by atoms with Crippen LogP contribution in [0.2, 0.25) is 0 Å².